The van der Waals surface area contributed by atoms with E-state index in [2.05, 4.69) is 35.6 Å². The molecule has 3 nitrogen and oxygen atoms in total. The van der Waals surface area contributed by atoms with Crippen molar-refractivity contribution in [2.45, 2.75) is 52.6 Å². The van der Waals surface area contributed by atoms with Gasteiger partial charge in [0.1, 0.15) is 0 Å². The van der Waals surface area contributed by atoms with E-state index in [9.17, 15) is 0 Å². The van der Waals surface area contributed by atoms with Crippen molar-refractivity contribution in [2.24, 2.45) is 5.92 Å². The van der Waals surface area contributed by atoms with Gasteiger partial charge in [-0.2, -0.15) is 0 Å². The maximum Gasteiger partial charge on any atom is 0.0945 e. The summed E-state index contributed by atoms with van der Waals surface area (Å²) < 4.78 is 2.14. The summed E-state index contributed by atoms with van der Waals surface area (Å²) in [7, 11) is 0. The zero-order valence-electron chi connectivity index (χ0n) is 10.8. The maximum atomic E-state index is 4.03. The Morgan fingerprint density at radius 2 is 2.12 bits per heavy atom. The molecule has 1 rings (SSSR count). The van der Waals surface area contributed by atoms with Gasteiger partial charge >= 0.3 is 0 Å². The molecule has 1 N–H and O–H groups in total. The maximum absolute atomic E-state index is 4.03. The first kappa shape index (κ1) is 13.2. The lowest BCUT2D eigenvalue weighted by Crippen LogP contribution is -2.32. The minimum absolute atomic E-state index is 0.637. The van der Waals surface area contributed by atoms with Gasteiger partial charge in [-0.1, -0.05) is 20.3 Å². The molecular weight excluding hydrogens is 198 g/mol. The summed E-state index contributed by atoms with van der Waals surface area (Å²) in [4.78, 5) is 4.03. The quantitative estimate of drug-likeness (QED) is 0.687. The number of nitrogens with one attached hydrogen (secondary N) is 1. The predicted octanol–water partition coefficient (Wildman–Crippen LogP) is 2.69. The SMILES string of the molecule is CCC(C)C(C)NCCCCn1ccnc1. The van der Waals surface area contributed by atoms with Crippen LogP contribution in [0.3, 0.4) is 0 Å². The summed E-state index contributed by atoms with van der Waals surface area (Å²) in [5, 5.41) is 3.59. The van der Waals surface area contributed by atoms with Crippen molar-refractivity contribution >= 4 is 0 Å². The number of aromatic nitrogens is 2. The van der Waals surface area contributed by atoms with Gasteiger partial charge in [0.05, 0.1) is 6.33 Å². The lowest BCUT2D eigenvalue weighted by Gasteiger charge is -2.19. The van der Waals surface area contributed by atoms with E-state index in [1.54, 1.807) is 0 Å². The molecule has 0 aliphatic carbocycles. The Labute approximate surface area is 99.3 Å². The fourth-order valence-corrected chi connectivity index (χ4v) is 1.72. The zero-order chi connectivity index (χ0) is 11.8. The molecular formula is C13H25N3. The molecule has 0 aromatic carbocycles. The normalized spacial score (nSPS) is 14.9. The van der Waals surface area contributed by atoms with Gasteiger partial charge in [0.25, 0.3) is 0 Å². The molecule has 2 unspecified atom stereocenters. The van der Waals surface area contributed by atoms with E-state index in [1.807, 2.05) is 18.7 Å². The van der Waals surface area contributed by atoms with Crippen LogP contribution < -0.4 is 5.32 Å². The highest BCUT2D eigenvalue weighted by Gasteiger charge is 2.07. The summed E-state index contributed by atoms with van der Waals surface area (Å²) >= 11 is 0. The van der Waals surface area contributed by atoms with E-state index in [0.717, 1.165) is 19.0 Å². The predicted molar refractivity (Wildman–Crippen MR) is 68.4 cm³/mol. The molecule has 1 aromatic rings. The molecule has 16 heavy (non-hydrogen) atoms. The molecule has 0 fully saturated rings. The van der Waals surface area contributed by atoms with Crippen LogP contribution in [0.25, 0.3) is 0 Å². The number of aryl methyl sites for hydroxylation is 1. The van der Waals surface area contributed by atoms with Gasteiger partial charge in [-0.15, -0.1) is 0 Å². The number of rotatable bonds is 8. The third-order valence-electron chi connectivity index (χ3n) is 3.37. The van der Waals surface area contributed by atoms with E-state index in [4.69, 9.17) is 0 Å². The van der Waals surface area contributed by atoms with Gasteiger partial charge in [-0.3, -0.25) is 0 Å². The first-order valence-corrected chi connectivity index (χ1v) is 6.43. The van der Waals surface area contributed by atoms with Gasteiger partial charge in [-0.05, 0) is 32.2 Å². The van der Waals surface area contributed by atoms with E-state index in [0.29, 0.717) is 6.04 Å². The number of unbranched alkanes of at least 4 members (excludes halogenated alkanes) is 1. The fourth-order valence-electron chi connectivity index (χ4n) is 1.72. The number of nitrogens with zero attached hydrogens (tertiary/aromatic N) is 2. The van der Waals surface area contributed by atoms with Crippen molar-refractivity contribution in [3.63, 3.8) is 0 Å². The highest BCUT2D eigenvalue weighted by molar-refractivity contribution is 4.74. The molecule has 0 amide bonds. The fraction of sp³-hybridized carbons (Fsp3) is 0.769. The van der Waals surface area contributed by atoms with Crippen molar-refractivity contribution in [3.05, 3.63) is 18.7 Å². The molecule has 1 heterocycles. The van der Waals surface area contributed by atoms with Crippen LogP contribution in [-0.4, -0.2) is 22.1 Å². The molecule has 0 radical (unpaired) electrons. The van der Waals surface area contributed by atoms with Crippen molar-refractivity contribution in [1.29, 1.82) is 0 Å². The molecule has 0 aliphatic heterocycles. The van der Waals surface area contributed by atoms with Gasteiger partial charge in [-0.25, -0.2) is 4.98 Å². The Morgan fingerprint density at radius 1 is 1.31 bits per heavy atom. The van der Waals surface area contributed by atoms with E-state index >= 15 is 0 Å². The van der Waals surface area contributed by atoms with Crippen LogP contribution in [0.15, 0.2) is 18.7 Å². The second kappa shape index (κ2) is 7.44. The van der Waals surface area contributed by atoms with Crippen molar-refractivity contribution in [1.82, 2.24) is 14.9 Å². The molecule has 1 aromatic heterocycles. The minimum atomic E-state index is 0.637. The standard InChI is InChI=1S/C13H25N3/c1-4-12(2)13(3)15-7-5-6-9-16-10-8-14-11-16/h8,10-13,15H,4-7,9H2,1-3H3. The third kappa shape index (κ3) is 4.79. The van der Waals surface area contributed by atoms with Crippen LogP contribution >= 0.6 is 0 Å². The van der Waals surface area contributed by atoms with Crippen molar-refractivity contribution < 1.29 is 0 Å². The first-order valence-electron chi connectivity index (χ1n) is 6.43. The van der Waals surface area contributed by atoms with Gasteiger partial charge in [0.2, 0.25) is 0 Å². The van der Waals surface area contributed by atoms with Crippen LogP contribution in [0.2, 0.25) is 0 Å². The summed E-state index contributed by atoms with van der Waals surface area (Å²) in [6, 6.07) is 0.637. The van der Waals surface area contributed by atoms with Crippen LogP contribution in [0, 0.1) is 5.92 Å². The van der Waals surface area contributed by atoms with Crippen LogP contribution in [0.5, 0.6) is 0 Å². The average molecular weight is 223 g/mol. The summed E-state index contributed by atoms with van der Waals surface area (Å²) in [5.41, 5.74) is 0. The average Bonchev–Trinajstić information content (AvgIpc) is 2.80. The molecule has 3 heteroatoms. The number of hydrogen-bond acceptors (Lipinski definition) is 2. The second-order valence-corrected chi connectivity index (χ2v) is 4.64. The largest absolute Gasteiger partial charge is 0.337 e. The molecule has 2 atom stereocenters. The molecule has 0 saturated heterocycles. The summed E-state index contributed by atoms with van der Waals surface area (Å²) in [6.07, 6.45) is 9.45. The van der Waals surface area contributed by atoms with Gasteiger partial charge < -0.3 is 9.88 Å². The molecule has 0 saturated carbocycles. The van der Waals surface area contributed by atoms with Crippen LogP contribution in [0.4, 0.5) is 0 Å². The molecule has 0 aliphatic rings. The van der Waals surface area contributed by atoms with Gasteiger partial charge in [0.15, 0.2) is 0 Å². The Balaban J connectivity index is 1.99. The smallest absolute Gasteiger partial charge is 0.0945 e. The van der Waals surface area contributed by atoms with E-state index in [1.165, 1.54) is 19.3 Å². The third-order valence-corrected chi connectivity index (χ3v) is 3.37. The van der Waals surface area contributed by atoms with Gasteiger partial charge in [0, 0.05) is 25.0 Å². The number of hydrogen-bond donors (Lipinski definition) is 1. The Kier molecular flexibility index (Phi) is 6.16. The Hall–Kier alpha value is -0.830. The minimum Gasteiger partial charge on any atom is -0.337 e. The van der Waals surface area contributed by atoms with Crippen molar-refractivity contribution in [3.8, 4) is 0 Å². The Bertz CT molecular complexity index is 256. The molecule has 0 spiro atoms. The Morgan fingerprint density at radius 3 is 2.75 bits per heavy atom. The lowest BCUT2D eigenvalue weighted by molar-refractivity contribution is 0.385. The first-order chi connectivity index (χ1) is 7.74. The van der Waals surface area contributed by atoms with E-state index < -0.39 is 0 Å². The number of imidazole rings is 1. The van der Waals surface area contributed by atoms with Crippen molar-refractivity contribution in [2.75, 3.05) is 6.54 Å². The van der Waals surface area contributed by atoms with Crippen LogP contribution in [-0.2, 0) is 6.54 Å². The molecule has 0 bridgehead atoms. The van der Waals surface area contributed by atoms with Crippen LogP contribution in [0.1, 0.15) is 40.0 Å². The summed E-state index contributed by atoms with van der Waals surface area (Å²) in [5.74, 6) is 0.772. The highest BCUT2D eigenvalue weighted by Crippen LogP contribution is 2.06. The topological polar surface area (TPSA) is 29.9 Å². The monoisotopic (exact) mass is 223 g/mol. The zero-order valence-corrected chi connectivity index (χ0v) is 10.8. The molecule has 92 valence electrons. The highest BCUT2D eigenvalue weighted by atomic mass is 15.0. The second-order valence-electron chi connectivity index (χ2n) is 4.64. The summed E-state index contributed by atoms with van der Waals surface area (Å²) in [6.45, 7) is 9.05. The lowest BCUT2D eigenvalue weighted by atomic mass is 10.0. The van der Waals surface area contributed by atoms with E-state index in [-0.39, 0.29) is 0 Å².